The topological polar surface area (TPSA) is 0 Å². The third-order valence-electron chi connectivity index (χ3n) is 9.60. The van der Waals surface area contributed by atoms with Crippen LogP contribution >= 0.6 is 0 Å². The van der Waals surface area contributed by atoms with E-state index in [1.165, 1.54) is 64.2 Å². The maximum atomic E-state index is 2.96. The van der Waals surface area contributed by atoms with Gasteiger partial charge in [0.25, 0.3) is 0 Å². The van der Waals surface area contributed by atoms with Crippen molar-refractivity contribution >= 4 is 16.1 Å². The van der Waals surface area contributed by atoms with Crippen LogP contribution in [-0.2, 0) is 22.9 Å². The van der Waals surface area contributed by atoms with Crippen molar-refractivity contribution in [2.45, 2.75) is 135 Å². The molecule has 35 heavy (non-hydrogen) atoms. The monoisotopic (exact) mass is 716 g/mol. The molecule has 0 saturated carbocycles. The summed E-state index contributed by atoms with van der Waals surface area (Å²) in [6, 6.07) is 9.46. The Labute approximate surface area is 243 Å². The summed E-state index contributed by atoms with van der Waals surface area (Å²) >= 11 is -1.02. The van der Waals surface area contributed by atoms with Gasteiger partial charge in [-0.05, 0) is 0 Å². The van der Waals surface area contributed by atoms with Gasteiger partial charge >= 0.3 is 220 Å². The van der Waals surface area contributed by atoms with Gasteiger partial charge in [-0.1, -0.05) is 0 Å². The molecule has 0 aromatic carbocycles. The van der Waals surface area contributed by atoms with E-state index >= 15 is 0 Å². The summed E-state index contributed by atoms with van der Waals surface area (Å²) in [6.45, 7) is 9.67. The second-order valence-electron chi connectivity index (χ2n) is 12.0. The summed E-state index contributed by atoms with van der Waals surface area (Å²) in [7, 11) is -2.23. The minimum absolute atomic E-state index is 0. The van der Waals surface area contributed by atoms with Crippen molar-refractivity contribution in [3.63, 3.8) is 0 Å². The molecule has 0 aromatic rings. The quantitative estimate of drug-likeness (QED) is 0.235. The molecule has 0 spiro atoms. The van der Waals surface area contributed by atoms with Gasteiger partial charge in [-0.3, -0.25) is 0 Å². The molecule has 2 atom stereocenters. The summed E-state index contributed by atoms with van der Waals surface area (Å²) in [5.74, 6) is 0. The minimum atomic E-state index is -1.12. The SMILES string of the molecule is CCCC[C]1([Hf+2][C]2(CCCC)C=CC([Si]3(CCC)CCC3)=C2)C=CC([Si]2(CCC)CCC2)=C1.[Cl-].[Cl-]. The molecular formula is C30H50Cl2HfSi2. The Balaban J connectivity index is 0.00000216. The van der Waals surface area contributed by atoms with Crippen molar-refractivity contribution in [3.8, 4) is 0 Å². The van der Waals surface area contributed by atoms with Crippen molar-refractivity contribution in [1.82, 2.24) is 0 Å². The van der Waals surface area contributed by atoms with Crippen molar-refractivity contribution in [2.24, 2.45) is 0 Å². The third kappa shape index (κ3) is 6.71. The van der Waals surface area contributed by atoms with Crippen molar-refractivity contribution in [2.75, 3.05) is 0 Å². The zero-order chi connectivity index (χ0) is 23.4. The molecule has 2 aliphatic carbocycles. The van der Waals surface area contributed by atoms with Crippen molar-refractivity contribution in [1.29, 1.82) is 0 Å². The van der Waals surface area contributed by atoms with E-state index in [4.69, 9.17) is 0 Å². The van der Waals surface area contributed by atoms with Crippen LogP contribution in [0.4, 0.5) is 0 Å². The Morgan fingerprint density at radius 3 is 1.34 bits per heavy atom. The molecule has 4 rings (SSSR count). The van der Waals surface area contributed by atoms with Crippen LogP contribution in [0, 0.1) is 0 Å². The van der Waals surface area contributed by atoms with E-state index in [1.807, 2.05) is 10.4 Å². The van der Waals surface area contributed by atoms with Crippen LogP contribution < -0.4 is 24.8 Å². The third-order valence-corrected chi connectivity index (χ3v) is 28.2. The summed E-state index contributed by atoms with van der Waals surface area (Å²) in [5.41, 5.74) is 0. The predicted octanol–water partition coefficient (Wildman–Crippen LogP) is 4.37. The van der Waals surface area contributed by atoms with E-state index in [0.717, 1.165) is 0 Å². The van der Waals surface area contributed by atoms with Gasteiger partial charge in [0.1, 0.15) is 0 Å². The van der Waals surface area contributed by atoms with E-state index in [1.54, 1.807) is 36.3 Å². The maximum Gasteiger partial charge on any atom is -1.00 e. The minimum Gasteiger partial charge on any atom is -1.00 e. The van der Waals surface area contributed by atoms with Gasteiger partial charge in [-0.2, -0.15) is 0 Å². The zero-order valence-corrected chi connectivity index (χ0v) is 30.1. The molecule has 0 nitrogen and oxygen atoms in total. The fraction of sp³-hybridized carbons (Fsp3) is 0.733. The Morgan fingerprint density at radius 2 is 1.06 bits per heavy atom. The fourth-order valence-electron chi connectivity index (χ4n) is 7.38. The van der Waals surface area contributed by atoms with Gasteiger partial charge in [-0.25, -0.2) is 0 Å². The Kier molecular flexibility index (Phi) is 12.6. The Bertz CT molecular complexity index is 743. The molecule has 0 amide bonds. The molecule has 2 fully saturated rings. The van der Waals surface area contributed by atoms with Crippen molar-refractivity contribution in [3.05, 3.63) is 46.8 Å². The summed E-state index contributed by atoms with van der Waals surface area (Å²) in [4.78, 5) is 0. The fourth-order valence-corrected chi connectivity index (χ4v) is 25.6. The first-order valence-electron chi connectivity index (χ1n) is 14.6. The first kappa shape index (κ1) is 32.1. The Morgan fingerprint density at radius 1 is 0.657 bits per heavy atom. The van der Waals surface area contributed by atoms with Gasteiger partial charge < -0.3 is 24.8 Å². The number of hydrogen-bond donors (Lipinski definition) is 0. The van der Waals surface area contributed by atoms with Crippen LogP contribution in [0.15, 0.2) is 46.8 Å². The van der Waals surface area contributed by atoms with Crippen LogP contribution in [0.1, 0.15) is 91.9 Å². The van der Waals surface area contributed by atoms with Crippen LogP contribution in [0.2, 0.25) is 42.6 Å². The average Bonchev–Trinajstić information content (AvgIpc) is 3.36. The molecule has 0 N–H and O–H groups in total. The molecule has 196 valence electrons. The van der Waals surface area contributed by atoms with Gasteiger partial charge in [0.15, 0.2) is 0 Å². The van der Waals surface area contributed by atoms with Gasteiger partial charge in [0.2, 0.25) is 0 Å². The normalized spacial score (nSPS) is 29.3. The van der Waals surface area contributed by atoms with E-state index in [0.29, 0.717) is 6.34 Å². The van der Waals surface area contributed by atoms with Crippen LogP contribution in [0.25, 0.3) is 0 Å². The van der Waals surface area contributed by atoms with Crippen LogP contribution in [0.3, 0.4) is 0 Å². The largest absolute Gasteiger partial charge is 1.00 e. The molecule has 2 aliphatic heterocycles. The number of hydrogen-bond acceptors (Lipinski definition) is 0. The first-order chi connectivity index (χ1) is 16.0. The molecule has 0 radical (unpaired) electrons. The average molecular weight is 716 g/mol. The number of rotatable bonds is 14. The predicted molar refractivity (Wildman–Crippen MR) is 149 cm³/mol. The summed E-state index contributed by atoms with van der Waals surface area (Å²) in [5, 5.41) is 3.82. The van der Waals surface area contributed by atoms with E-state index in [9.17, 15) is 0 Å². The number of halogens is 2. The molecular weight excluding hydrogens is 666 g/mol. The van der Waals surface area contributed by atoms with Gasteiger partial charge in [0.05, 0.1) is 0 Å². The second kappa shape index (κ2) is 13.8. The zero-order valence-electron chi connectivity index (χ0n) is 23.0. The maximum absolute atomic E-state index is 2.96. The van der Waals surface area contributed by atoms with Crippen molar-refractivity contribution < 1.29 is 47.7 Å². The second-order valence-corrected chi connectivity index (χ2v) is 28.9. The smallest absolute Gasteiger partial charge is 1.00 e. The standard InChI is InChI=1S/2C15H25Si.2ClH.Hf/c2*1-3-5-7-14-8-9-15(13-14)16(10-4-2)11-6-12-16;;;/h2*8-9,13H,3-7,10-12H2,1-2H3;2*1H;/q;;;;+2/p-2. The molecule has 5 heteroatoms. The van der Waals surface area contributed by atoms with E-state index < -0.39 is 39.1 Å². The summed E-state index contributed by atoms with van der Waals surface area (Å²) < 4.78 is 1.02. The van der Waals surface area contributed by atoms with E-state index in [-0.39, 0.29) is 24.8 Å². The molecule has 0 aromatic heterocycles. The molecule has 0 bridgehead atoms. The van der Waals surface area contributed by atoms with Gasteiger partial charge in [0, 0.05) is 0 Å². The summed E-state index contributed by atoms with van der Waals surface area (Å²) in [6.07, 6.45) is 31.2. The van der Waals surface area contributed by atoms with Crippen LogP contribution in [-0.4, -0.2) is 16.1 Å². The first-order valence-corrected chi connectivity index (χ1v) is 23.5. The molecule has 4 aliphatic rings. The molecule has 2 heterocycles. The van der Waals surface area contributed by atoms with Crippen LogP contribution in [0.5, 0.6) is 0 Å². The number of unbranched alkanes of at least 4 members (excludes halogenated alkanes) is 2. The van der Waals surface area contributed by atoms with Gasteiger partial charge in [-0.15, -0.1) is 0 Å². The number of allylic oxidation sites excluding steroid dienone is 8. The Hall–Kier alpha value is 0.844. The van der Waals surface area contributed by atoms with E-state index in [2.05, 4.69) is 64.2 Å². The molecule has 2 unspecified atom stereocenters. The molecule has 2 saturated heterocycles.